The van der Waals surface area contributed by atoms with E-state index in [-0.39, 0.29) is 12.0 Å². The van der Waals surface area contributed by atoms with Gasteiger partial charge in [0.2, 0.25) is 0 Å². The number of ether oxygens (including phenoxy) is 1. The first-order chi connectivity index (χ1) is 8.52. The van der Waals surface area contributed by atoms with Crippen molar-refractivity contribution >= 4 is 34.8 Å². The lowest BCUT2D eigenvalue weighted by molar-refractivity contribution is 0.0986. The molecular formula is C13H17Cl3O2. The number of aliphatic hydroxyl groups is 1. The van der Waals surface area contributed by atoms with E-state index in [4.69, 9.17) is 39.5 Å². The van der Waals surface area contributed by atoms with Crippen LogP contribution in [0.15, 0.2) is 18.2 Å². The summed E-state index contributed by atoms with van der Waals surface area (Å²) in [5.41, 5.74) is 0. The average Bonchev–Trinajstić information content (AvgIpc) is 2.28. The van der Waals surface area contributed by atoms with Gasteiger partial charge in [-0.05, 0) is 31.0 Å². The van der Waals surface area contributed by atoms with Gasteiger partial charge in [-0.2, -0.15) is 0 Å². The molecule has 102 valence electrons. The van der Waals surface area contributed by atoms with E-state index in [1.165, 1.54) is 0 Å². The van der Waals surface area contributed by atoms with Crippen molar-refractivity contribution in [3.05, 3.63) is 28.2 Å². The van der Waals surface area contributed by atoms with Gasteiger partial charge in [0, 0.05) is 10.4 Å². The maximum Gasteiger partial charge on any atom is 0.138 e. The second kappa shape index (κ2) is 8.11. The van der Waals surface area contributed by atoms with E-state index >= 15 is 0 Å². The summed E-state index contributed by atoms with van der Waals surface area (Å²) in [6, 6.07) is 4.98. The molecule has 0 aliphatic carbocycles. The van der Waals surface area contributed by atoms with Gasteiger partial charge in [0.1, 0.15) is 12.4 Å². The maximum atomic E-state index is 9.77. The van der Waals surface area contributed by atoms with Crippen LogP contribution in [-0.4, -0.2) is 23.2 Å². The van der Waals surface area contributed by atoms with Crippen LogP contribution in [0, 0.1) is 0 Å². The minimum Gasteiger partial charge on any atom is -0.489 e. The van der Waals surface area contributed by atoms with Crippen molar-refractivity contribution in [1.29, 1.82) is 0 Å². The highest BCUT2D eigenvalue weighted by atomic mass is 35.5. The number of aliphatic hydroxyl groups excluding tert-OH is 1. The molecular weight excluding hydrogens is 294 g/mol. The van der Waals surface area contributed by atoms with Crippen LogP contribution in [-0.2, 0) is 0 Å². The van der Waals surface area contributed by atoms with Crippen molar-refractivity contribution in [3.8, 4) is 5.75 Å². The van der Waals surface area contributed by atoms with Gasteiger partial charge in [-0.1, -0.05) is 36.5 Å². The predicted octanol–water partition coefficient (Wildman–Crippen LogP) is 4.53. The van der Waals surface area contributed by atoms with Gasteiger partial charge in [0.05, 0.1) is 11.1 Å². The van der Waals surface area contributed by atoms with E-state index in [9.17, 15) is 5.11 Å². The van der Waals surface area contributed by atoms with E-state index in [1.54, 1.807) is 18.2 Å². The van der Waals surface area contributed by atoms with Gasteiger partial charge in [0.25, 0.3) is 0 Å². The highest BCUT2D eigenvalue weighted by molar-refractivity contribution is 6.35. The topological polar surface area (TPSA) is 29.5 Å². The number of hydrogen-bond acceptors (Lipinski definition) is 2. The van der Waals surface area contributed by atoms with E-state index in [0.29, 0.717) is 22.2 Å². The molecule has 0 radical (unpaired) electrons. The van der Waals surface area contributed by atoms with Gasteiger partial charge >= 0.3 is 0 Å². The lowest BCUT2D eigenvalue weighted by Gasteiger charge is -2.15. The van der Waals surface area contributed by atoms with E-state index in [1.807, 2.05) is 0 Å². The second-order valence-electron chi connectivity index (χ2n) is 4.16. The zero-order chi connectivity index (χ0) is 13.5. The molecule has 1 aromatic rings. The Labute approximate surface area is 123 Å². The molecule has 0 bridgehead atoms. The molecule has 0 fully saturated rings. The monoisotopic (exact) mass is 310 g/mol. The summed E-state index contributed by atoms with van der Waals surface area (Å²) in [7, 11) is 0. The summed E-state index contributed by atoms with van der Waals surface area (Å²) in [5, 5.41) is 10.7. The maximum absolute atomic E-state index is 9.77. The zero-order valence-electron chi connectivity index (χ0n) is 10.2. The number of alkyl halides is 1. The van der Waals surface area contributed by atoms with Crippen molar-refractivity contribution in [3.63, 3.8) is 0 Å². The summed E-state index contributed by atoms with van der Waals surface area (Å²) in [5.74, 6) is 0.515. The molecule has 0 saturated carbocycles. The molecule has 1 rings (SSSR count). The molecule has 2 unspecified atom stereocenters. The van der Waals surface area contributed by atoms with Crippen LogP contribution in [0.5, 0.6) is 5.75 Å². The molecule has 0 aromatic heterocycles. The number of halogens is 3. The minimum absolute atomic E-state index is 0.0192. The fourth-order valence-electron chi connectivity index (χ4n) is 1.57. The van der Waals surface area contributed by atoms with Gasteiger partial charge in [-0.25, -0.2) is 0 Å². The number of hydrogen-bond donors (Lipinski definition) is 1. The van der Waals surface area contributed by atoms with Gasteiger partial charge in [-0.3, -0.25) is 0 Å². The van der Waals surface area contributed by atoms with Crippen LogP contribution in [0.1, 0.15) is 26.2 Å². The van der Waals surface area contributed by atoms with E-state index < -0.39 is 6.10 Å². The molecule has 0 aliphatic heterocycles. The van der Waals surface area contributed by atoms with Gasteiger partial charge in [-0.15, -0.1) is 11.6 Å². The summed E-state index contributed by atoms with van der Waals surface area (Å²) < 4.78 is 5.43. The quantitative estimate of drug-likeness (QED) is 0.750. The molecule has 2 atom stereocenters. The first-order valence-electron chi connectivity index (χ1n) is 5.93. The standard InChI is InChI=1S/C13H17Cl3O2/c1-2-3-9(14)6-11(17)8-18-13-5-4-10(15)7-12(13)16/h4-5,7,9,11,17H,2-3,6,8H2,1H3. The minimum atomic E-state index is -0.592. The Morgan fingerprint density at radius 2 is 2.06 bits per heavy atom. The average molecular weight is 312 g/mol. The van der Waals surface area contributed by atoms with Crippen molar-refractivity contribution in [2.75, 3.05) is 6.61 Å². The van der Waals surface area contributed by atoms with Crippen molar-refractivity contribution < 1.29 is 9.84 Å². The summed E-state index contributed by atoms with van der Waals surface area (Å²) >= 11 is 17.8. The molecule has 0 saturated heterocycles. The first kappa shape index (κ1) is 15.9. The van der Waals surface area contributed by atoms with E-state index in [0.717, 1.165) is 12.8 Å². The SMILES string of the molecule is CCCC(Cl)CC(O)COc1ccc(Cl)cc1Cl. The zero-order valence-corrected chi connectivity index (χ0v) is 12.5. The molecule has 0 spiro atoms. The third-order valence-electron chi connectivity index (χ3n) is 2.45. The van der Waals surface area contributed by atoms with Gasteiger partial charge in [0.15, 0.2) is 0 Å². The lowest BCUT2D eigenvalue weighted by Crippen LogP contribution is -2.21. The molecule has 18 heavy (non-hydrogen) atoms. The van der Waals surface area contributed by atoms with Crippen LogP contribution in [0.25, 0.3) is 0 Å². The fourth-order valence-corrected chi connectivity index (χ4v) is 2.46. The van der Waals surface area contributed by atoms with Crippen molar-refractivity contribution in [2.24, 2.45) is 0 Å². The van der Waals surface area contributed by atoms with Crippen molar-refractivity contribution in [1.82, 2.24) is 0 Å². The third kappa shape index (κ3) is 5.66. The lowest BCUT2D eigenvalue weighted by atomic mass is 10.1. The summed E-state index contributed by atoms with van der Waals surface area (Å²) in [6.45, 7) is 2.24. The third-order valence-corrected chi connectivity index (χ3v) is 3.38. The molecule has 2 nitrogen and oxygen atoms in total. The number of benzene rings is 1. The summed E-state index contributed by atoms with van der Waals surface area (Å²) in [6.07, 6.45) is 1.82. The molecule has 0 heterocycles. The van der Waals surface area contributed by atoms with E-state index in [2.05, 4.69) is 6.92 Å². The molecule has 5 heteroatoms. The first-order valence-corrected chi connectivity index (χ1v) is 7.12. The smallest absolute Gasteiger partial charge is 0.138 e. The normalized spacial score (nSPS) is 14.3. The Morgan fingerprint density at radius 3 is 2.67 bits per heavy atom. The largest absolute Gasteiger partial charge is 0.489 e. The molecule has 0 amide bonds. The Balaban J connectivity index is 2.40. The van der Waals surface area contributed by atoms with Gasteiger partial charge < -0.3 is 9.84 Å². The molecule has 1 N–H and O–H groups in total. The molecule has 1 aromatic carbocycles. The fraction of sp³-hybridized carbons (Fsp3) is 0.538. The Kier molecular flexibility index (Phi) is 7.16. The van der Waals surface area contributed by atoms with Crippen LogP contribution in [0.4, 0.5) is 0 Å². The highest BCUT2D eigenvalue weighted by Gasteiger charge is 2.13. The van der Waals surface area contributed by atoms with Crippen LogP contribution >= 0.6 is 34.8 Å². The van der Waals surface area contributed by atoms with Crippen molar-refractivity contribution in [2.45, 2.75) is 37.7 Å². The predicted molar refractivity (Wildman–Crippen MR) is 77.1 cm³/mol. The van der Waals surface area contributed by atoms with Crippen LogP contribution < -0.4 is 4.74 Å². The van der Waals surface area contributed by atoms with Crippen LogP contribution in [0.3, 0.4) is 0 Å². The Bertz CT molecular complexity index is 371. The Morgan fingerprint density at radius 1 is 1.33 bits per heavy atom. The number of rotatable bonds is 7. The molecule has 0 aliphatic rings. The second-order valence-corrected chi connectivity index (χ2v) is 5.62. The highest BCUT2D eigenvalue weighted by Crippen LogP contribution is 2.27. The van der Waals surface area contributed by atoms with Crippen LogP contribution in [0.2, 0.25) is 10.0 Å². The summed E-state index contributed by atoms with van der Waals surface area (Å²) in [4.78, 5) is 0. The Hall–Kier alpha value is -0.150.